The Morgan fingerprint density at radius 1 is 1.45 bits per heavy atom. The summed E-state index contributed by atoms with van der Waals surface area (Å²) in [6.45, 7) is 5.39. The van der Waals surface area contributed by atoms with E-state index in [4.69, 9.17) is 4.74 Å². The maximum absolute atomic E-state index is 13.8. The summed E-state index contributed by atoms with van der Waals surface area (Å²) in [5.74, 6) is -0.654. The summed E-state index contributed by atoms with van der Waals surface area (Å²) >= 11 is 0. The van der Waals surface area contributed by atoms with Crippen LogP contribution in [0.15, 0.2) is 18.2 Å². The molecule has 0 saturated heterocycles. The second-order valence-electron chi connectivity index (χ2n) is 6.08. The average Bonchev–Trinajstić information content (AvgIpc) is 3.10. The van der Waals surface area contributed by atoms with Gasteiger partial charge in [-0.05, 0) is 45.7 Å². The molecule has 1 amide bonds. The minimum atomic E-state index is -0.596. The number of benzene rings is 1. The minimum Gasteiger partial charge on any atom is -0.507 e. The molecule has 110 valence electrons. The van der Waals surface area contributed by atoms with E-state index in [0.717, 1.165) is 12.8 Å². The largest absolute Gasteiger partial charge is 0.507 e. The van der Waals surface area contributed by atoms with E-state index >= 15 is 0 Å². The molecule has 0 aromatic heterocycles. The van der Waals surface area contributed by atoms with Gasteiger partial charge in [-0.1, -0.05) is 6.07 Å². The fourth-order valence-corrected chi connectivity index (χ4v) is 1.92. The van der Waals surface area contributed by atoms with Crippen molar-refractivity contribution in [1.29, 1.82) is 0 Å². The summed E-state index contributed by atoms with van der Waals surface area (Å²) in [5.41, 5.74) is -0.466. The Morgan fingerprint density at radius 3 is 2.60 bits per heavy atom. The summed E-state index contributed by atoms with van der Waals surface area (Å²) in [5, 5.41) is 9.74. The van der Waals surface area contributed by atoms with Crippen molar-refractivity contribution in [3.05, 3.63) is 29.6 Å². The molecule has 0 bridgehead atoms. The number of aromatic hydroxyl groups is 1. The summed E-state index contributed by atoms with van der Waals surface area (Å²) in [4.78, 5) is 13.7. The van der Waals surface area contributed by atoms with Gasteiger partial charge in [0.2, 0.25) is 0 Å². The van der Waals surface area contributed by atoms with E-state index in [0.29, 0.717) is 0 Å². The summed E-state index contributed by atoms with van der Waals surface area (Å²) in [6, 6.07) is 4.19. The molecule has 0 spiro atoms. The molecule has 0 heterocycles. The van der Waals surface area contributed by atoms with Crippen molar-refractivity contribution >= 4 is 6.09 Å². The van der Waals surface area contributed by atoms with E-state index in [2.05, 4.69) is 0 Å². The van der Waals surface area contributed by atoms with Crippen LogP contribution in [0.25, 0.3) is 0 Å². The standard InChI is InChI=1S/C15H20FNO3/c1-15(2,3)20-14(19)17(10-7-8-10)9-11-12(16)5-4-6-13(11)18/h4-6,10,18H,7-9H2,1-3H3. The minimum absolute atomic E-state index is 0.0259. The molecule has 1 saturated carbocycles. The van der Waals surface area contributed by atoms with Crippen molar-refractivity contribution in [3.8, 4) is 5.75 Å². The third-order valence-electron chi connectivity index (χ3n) is 3.04. The predicted octanol–water partition coefficient (Wildman–Crippen LogP) is 3.43. The summed E-state index contributed by atoms with van der Waals surface area (Å²) < 4.78 is 19.1. The number of halogens is 1. The summed E-state index contributed by atoms with van der Waals surface area (Å²) in [6.07, 6.45) is 1.30. The fraction of sp³-hybridized carbons (Fsp3) is 0.533. The van der Waals surface area contributed by atoms with Crippen LogP contribution in [0.4, 0.5) is 9.18 Å². The highest BCUT2D eigenvalue weighted by Crippen LogP contribution is 2.32. The first-order chi connectivity index (χ1) is 9.28. The van der Waals surface area contributed by atoms with Gasteiger partial charge in [-0.2, -0.15) is 0 Å². The van der Waals surface area contributed by atoms with Crippen molar-refractivity contribution in [1.82, 2.24) is 4.90 Å². The molecule has 5 heteroatoms. The maximum Gasteiger partial charge on any atom is 0.410 e. The van der Waals surface area contributed by atoms with Gasteiger partial charge in [0.15, 0.2) is 0 Å². The Hall–Kier alpha value is -1.78. The number of amides is 1. The van der Waals surface area contributed by atoms with Crippen LogP contribution in [0.1, 0.15) is 39.2 Å². The van der Waals surface area contributed by atoms with Crippen LogP contribution in [-0.4, -0.2) is 27.7 Å². The average molecular weight is 281 g/mol. The topological polar surface area (TPSA) is 49.8 Å². The van der Waals surface area contributed by atoms with Gasteiger partial charge in [0.25, 0.3) is 0 Å². The molecule has 1 aromatic rings. The lowest BCUT2D eigenvalue weighted by Gasteiger charge is -2.27. The van der Waals surface area contributed by atoms with Gasteiger partial charge < -0.3 is 14.7 Å². The monoisotopic (exact) mass is 281 g/mol. The van der Waals surface area contributed by atoms with Crippen LogP contribution in [-0.2, 0) is 11.3 Å². The molecule has 0 aliphatic heterocycles. The number of phenolic OH excluding ortho intramolecular Hbond substituents is 1. The fourth-order valence-electron chi connectivity index (χ4n) is 1.92. The number of carbonyl (C=O) groups is 1. The number of hydrogen-bond donors (Lipinski definition) is 1. The third-order valence-corrected chi connectivity index (χ3v) is 3.04. The maximum atomic E-state index is 13.8. The smallest absolute Gasteiger partial charge is 0.410 e. The van der Waals surface area contributed by atoms with Gasteiger partial charge in [-0.25, -0.2) is 9.18 Å². The highest BCUT2D eigenvalue weighted by Gasteiger charge is 2.36. The molecule has 1 aliphatic carbocycles. The van der Waals surface area contributed by atoms with Crippen molar-refractivity contribution in [2.75, 3.05) is 0 Å². The summed E-state index contributed by atoms with van der Waals surface area (Å²) in [7, 11) is 0. The van der Waals surface area contributed by atoms with E-state index in [1.807, 2.05) is 0 Å². The predicted molar refractivity (Wildman–Crippen MR) is 72.9 cm³/mol. The number of phenols is 1. The van der Waals surface area contributed by atoms with Crippen LogP contribution in [0, 0.1) is 5.82 Å². The number of nitrogens with zero attached hydrogens (tertiary/aromatic N) is 1. The van der Waals surface area contributed by atoms with Crippen LogP contribution in [0.3, 0.4) is 0 Å². The van der Waals surface area contributed by atoms with Crippen molar-refractivity contribution in [3.63, 3.8) is 0 Å². The van der Waals surface area contributed by atoms with Crippen LogP contribution >= 0.6 is 0 Å². The zero-order valence-corrected chi connectivity index (χ0v) is 12.0. The van der Waals surface area contributed by atoms with Gasteiger partial charge in [0.1, 0.15) is 17.2 Å². The quantitative estimate of drug-likeness (QED) is 0.923. The van der Waals surface area contributed by atoms with Crippen LogP contribution < -0.4 is 0 Å². The molecule has 0 atom stereocenters. The Kier molecular flexibility index (Phi) is 3.88. The molecular formula is C15H20FNO3. The third kappa shape index (κ3) is 3.62. The van der Waals surface area contributed by atoms with Crippen LogP contribution in [0.2, 0.25) is 0 Å². The Balaban J connectivity index is 2.16. The Morgan fingerprint density at radius 2 is 2.10 bits per heavy atom. The lowest BCUT2D eigenvalue weighted by molar-refractivity contribution is 0.0214. The lowest BCUT2D eigenvalue weighted by Crippen LogP contribution is -2.38. The molecule has 0 radical (unpaired) electrons. The number of hydrogen-bond acceptors (Lipinski definition) is 3. The zero-order chi connectivity index (χ0) is 14.9. The lowest BCUT2D eigenvalue weighted by atomic mass is 10.1. The zero-order valence-electron chi connectivity index (χ0n) is 12.0. The van der Waals surface area contributed by atoms with Crippen molar-refractivity contribution in [2.45, 2.75) is 51.8 Å². The van der Waals surface area contributed by atoms with Gasteiger partial charge in [-0.3, -0.25) is 0 Å². The number of rotatable bonds is 3. The molecule has 1 aliphatic rings. The highest BCUT2D eigenvalue weighted by molar-refractivity contribution is 5.69. The van der Waals surface area contributed by atoms with Gasteiger partial charge >= 0.3 is 6.09 Å². The van der Waals surface area contributed by atoms with E-state index in [1.165, 1.54) is 23.1 Å². The molecular weight excluding hydrogens is 261 g/mol. The molecule has 1 N–H and O–H groups in total. The Bertz CT molecular complexity index is 486. The first-order valence-corrected chi connectivity index (χ1v) is 6.74. The molecule has 4 nitrogen and oxygen atoms in total. The second-order valence-corrected chi connectivity index (χ2v) is 6.08. The molecule has 0 unspecified atom stereocenters. The first kappa shape index (κ1) is 14.6. The normalized spacial score (nSPS) is 15.0. The van der Waals surface area contributed by atoms with Gasteiger partial charge in [0, 0.05) is 11.6 Å². The molecule has 1 aromatic carbocycles. The highest BCUT2D eigenvalue weighted by atomic mass is 19.1. The molecule has 1 fully saturated rings. The first-order valence-electron chi connectivity index (χ1n) is 6.74. The van der Waals surface area contributed by atoms with Crippen molar-refractivity contribution < 1.29 is 19.0 Å². The Labute approximate surface area is 118 Å². The molecule has 2 rings (SSSR count). The van der Waals surface area contributed by atoms with Crippen molar-refractivity contribution in [2.24, 2.45) is 0 Å². The van der Waals surface area contributed by atoms with E-state index in [9.17, 15) is 14.3 Å². The SMILES string of the molecule is CC(C)(C)OC(=O)N(Cc1c(O)cccc1F)C1CC1. The van der Waals surface area contributed by atoms with E-state index in [-0.39, 0.29) is 23.9 Å². The van der Waals surface area contributed by atoms with E-state index < -0.39 is 17.5 Å². The van der Waals surface area contributed by atoms with Crippen LogP contribution in [0.5, 0.6) is 5.75 Å². The molecule has 20 heavy (non-hydrogen) atoms. The van der Waals surface area contributed by atoms with E-state index in [1.54, 1.807) is 20.8 Å². The second kappa shape index (κ2) is 5.31. The van der Waals surface area contributed by atoms with Gasteiger partial charge in [0.05, 0.1) is 6.54 Å². The number of carbonyl (C=O) groups excluding carboxylic acids is 1. The number of ether oxygens (including phenoxy) is 1. The van der Waals surface area contributed by atoms with Gasteiger partial charge in [-0.15, -0.1) is 0 Å².